The van der Waals surface area contributed by atoms with E-state index in [4.69, 9.17) is 4.74 Å². The second kappa shape index (κ2) is 19.0. The largest absolute Gasteiger partial charge is 0.378 e. The van der Waals surface area contributed by atoms with Crippen LogP contribution >= 0.6 is 0 Å². The van der Waals surface area contributed by atoms with Gasteiger partial charge in [0, 0.05) is 12.5 Å². The maximum atomic E-state index is 10.5. The van der Waals surface area contributed by atoms with Crippen molar-refractivity contribution >= 4 is 6.29 Å². The van der Waals surface area contributed by atoms with Crippen molar-refractivity contribution < 1.29 is 9.53 Å². The van der Waals surface area contributed by atoms with Crippen molar-refractivity contribution in [1.82, 2.24) is 0 Å². The Bertz CT molecular complexity index is 429. The predicted octanol–water partition coefficient (Wildman–Crippen LogP) is 9.16. The maximum Gasteiger partial charge on any atom is 0.201 e. The SMILES string of the molecule is CC([C]=O)CCCCCCCCCCCCCCOC1CCC(CCCC2C[CH]CC2)C1. The Morgan fingerprint density at radius 2 is 1.41 bits per heavy atom. The molecule has 2 radical (unpaired) electrons. The van der Waals surface area contributed by atoms with Gasteiger partial charge in [0.2, 0.25) is 6.29 Å². The number of carbonyl (C=O) groups excluding carboxylic acids is 1. The third kappa shape index (κ3) is 14.0. The molecule has 2 heteroatoms. The van der Waals surface area contributed by atoms with E-state index in [9.17, 15) is 4.79 Å². The van der Waals surface area contributed by atoms with Gasteiger partial charge in [-0.15, -0.1) is 0 Å². The molecule has 4 unspecified atom stereocenters. The van der Waals surface area contributed by atoms with Gasteiger partial charge in [0.1, 0.15) is 0 Å². The molecule has 0 bridgehead atoms. The van der Waals surface area contributed by atoms with E-state index in [1.54, 1.807) is 0 Å². The van der Waals surface area contributed by atoms with E-state index in [1.807, 2.05) is 6.92 Å². The van der Waals surface area contributed by atoms with Crippen molar-refractivity contribution in [2.24, 2.45) is 17.8 Å². The highest BCUT2D eigenvalue weighted by molar-refractivity contribution is 5.53. The molecule has 0 aliphatic heterocycles. The Morgan fingerprint density at radius 3 is 2.03 bits per heavy atom. The summed E-state index contributed by atoms with van der Waals surface area (Å²) < 4.78 is 6.21. The summed E-state index contributed by atoms with van der Waals surface area (Å²) in [7, 11) is 0. The fourth-order valence-corrected chi connectivity index (χ4v) is 5.85. The first-order valence-electron chi connectivity index (χ1n) is 14.6. The second-order valence-corrected chi connectivity index (χ2v) is 11.1. The van der Waals surface area contributed by atoms with E-state index in [2.05, 4.69) is 12.7 Å². The average molecular weight is 447 g/mol. The minimum Gasteiger partial charge on any atom is -0.378 e. The van der Waals surface area contributed by atoms with Crippen LogP contribution in [0.15, 0.2) is 0 Å². The van der Waals surface area contributed by atoms with E-state index in [0.717, 1.165) is 24.9 Å². The summed E-state index contributed by atoms with van der Waals surface area (Å²) in [6, 6.07) is 0. The minimum absolute atomic E-state index is 0.136. The van der Waals surface area contributed by atoms with Crippen LogP contribution in [0.25, 0.3) is 0 Å². The van der Waals surface area contributed by atoms with Crippen LogP contribution in [0.2, 0.25) is 0 Å². The van der Waals surface area contributed by atoms with Gasteiger partial charge in [-0.2, -0.15) is 0 Å². The van der Waals surface area contributed by atoms with E-state index < -0.39 is 0 Å². The van der Waals surface area contributed by atoms with Gasteiger partial charge in [0.05, 0.1) is 6.10 Å². The van der Waals surface area contributed by atoms with Gasteiger partial charge >= 0.3 is 0 Å². The number of hydrogen-bond donors (Lipinski definition) is 0. The zero-order chi connectivity index (χ0) is 22.7. The first-order valence-corrected chi connectivity index (χ1v) is 14.6. The summed E-state index contributed by atoms with van der Waals surface area (Å²) in [4.78, 5) is 10.5. The highest BCUT2D eigenvalue weighted by Gasteiger charge is 2.25. The van der Waals surface area contributed by atoms with Crippen molar-refractivity contribution in [1.29, 1.82) is 0 Å². The fraction of sp³-hybridized carbons (Fsp3) is 0.933. The number of ether oxygens (including phenoxy) is 1. The Hall–Kier alpha value is -0.370. The fourth-order valence-electron chi connectivity index (χ4n) is 5.85. The lowest BCUT2D eigenvalue weighted by Crippen LogP contribution is -2.10. The molecule has 0 N–H and O–H groups in total. The van der Waals surface area contributed by atoms with Crippen LogP contribution in [-0.4, -0.2) is 19.0 Å². The highest BCUT2D eigenvalue weighted by atomic mass is 16.5. The molecule has 2 nitrogen and oxygen atoms in total. The molecule has 0 aromatic carbocycles. The van der Waals surface area contributed by atoms with Gasteiger partial charge in [-0.3, -0.25) is 4.79 Å². The molecular weight excluding hydrogens is 392 g/mol. The molecule has 0 spiro atoms. The first-order chi connectivity index (χ1) is 15.8. The molecule has 2 rings (SSSR count). The zero-order valence-electron chi connectivity index (χ0n) is 21.5. The zero-order valence-corrected chi connectivity index (χ0v) is 21.5. The molecule has 0 heterocycles. The standard InChI is InChI=1S/C30H54O2/c1-27(26-31)17-12-10-8-6-4-2-3-5-7-9-11-15-24-32-30-23-22-29(25-30)21-16-20-28-18-13-14-19-28/h13,27-30H,2-12,14-25H2,1H3. The third-order valence-electron chi connectivity index (χ3n) is 8.08. The lowest BCUT2D eigenvalue weighted by Gasteiger charge is -2.14. The molecule has 0 aromatic heterocycles. The molecule has 186 valence electrons. The molecule has 2 aliphatic carbocycles. The monoisotopic (exact) mass is 446 g/mol. The van der Waals surface area contributed by atoms with Gasteiger partial charge in [-0.1, -0.05) is 103 Å². The lowest BCUT2D eigenvalue weighted by molar-refractivity contribution is 0.0525. The lowest BCUT2D eigenvalue weighted by atomic mass is 9.95. The van der Waals surface area contributed by atoms with Crippen molar-refractivity contribution in [3.63, 3.8) is 0 Å². The van der Waals surface area contributed by atoms with Crippen LogP contribution in [0.1, 0.15) is 148 Å². The van der Waals surface area contributed by atoms with Gasteiger partial charge in [0.25, 0.3) is 0 Å². The summed E-state index contributed by atoms with van der Waals surface area (Å²) in [5, 5.41) is 0. The van der Waals surface area contributed by atoms with Gasteiger partial charge in [-0.05, 0) is 63.2 Å². The first kappa shape index (κ1) is 27.9. The summed E-state index contributed by atoms with van der Waals surface area (Å²) >= 11 is 0. The molecule has 0 aromatic rings. The minimum atomic E-state index is 0.136. The van der Waals surface area contributed by atoms with Crippen LogP contribution < -0.4 is 0 Å². The van der Waals surface area contributed by atoms with Crippen molar-refractivity contribution in [3.05, 3.63) is 6.42 Å². The number of hydrogen-bond acceptors (Lipinski definition) is 2. The van der Waals surface area contributed by atoms with Crippen LogP contribution in [0.4, 0.5) is 0 Å². The molecule has 32 heavy (non-hydrogen) atoms. The van der Waals surface area contributed by atoms with E-state index in [1.165, 1.54) is 135 Å². The van der Waals surface area contributed by atoms with E-state index in [0.29, 0.717) is 6.10 Å². The topological polar surface area (TPSA) is 26.3 Å². The summed E-state index contributed by atoms with van der Waals surface area (Å²) in [5.74, 6) is 2.11. The van der Waals surface area contributed by atoms with Gasteiger partial charge < -0.3 is 4.74 Å². The molecule has 0 saturated heterocycles. The maximum absolute atomic E-state index is 10.5. The third-order valence-corrected chi connectivity index (χ3v) is 8.08. The highest BCUT2D eigenvalue weighted by Crippen LogP contribution is 2.34. The smallest absolute Gasteiger partial charge is 0.201 e. The van der Waals surface area contributed by atoms with E-state index >= 15 is 0 Å². The normalized spacial score (nSPS) is 22.5. The molecule has 2 fully saturated rings. The van der Waals surface area contributed by atoms with Crippen LogP contribution in [0.5, 0.6) is 0 Å². The summed E-state index contributed by atoms with van der Waals surface area (Å²) in [6.07, 6.45) is 35.1. The summed E-state index contributed by atoms with van der Waals surface area (Å²) in [5.41, 5.74) is 0. The van der Waals surface area contributed by atoms with Crippen LogP contribution in [0, 0.1) is 24.2 Å². The molecule has 4 atom stereocenters. The Kier molecular flexibility index (Phi) is 16.5. The molecular formula is C30H54O2. The van der Waals surface area contributed by atoms with Crippen molar-refractivity contribution in [2.75, 3.05) is 6.61 Å². The van der Waals surface area contributed by atoms with Crippen molar-refractivity contribution in [3.8, 4) is 0 Å². The predicted molar refractivity (Wildman–Crippen MR) is 137 cm³/mol. The Balaban J connectivity index is 1.26. The van der Waals surface area contributed by atoms with Crippen molar-refractivity contribution in [2.45, 2.75) is 154 Å². The quantitative estimate of drug-likeness (QED) is 0.164. The van der Waals surface area contributed by atoms with Crippen LogP contribution in [0.3, 0.4) is 0 Å². The van der Waals surface area contributed by atoms with Gasteiger partial charge in [-0.25, -0.2) is 0 Å². The van der Waals surface area contributed by atoms with Crippen LogP contribution in [-0.2, 0) is 9.53 Å². The average Bonchev–Trinajstić information content (AvgIpc) is 3.48. The second-order valence-electron chi connectivity index (χ2n) is 11.1. The van der Waals surface area contributed by atoms with Gasteiger partial charge in [0.15, 0.2) is 0 Å². The number of rotatable bonds is 21. The Morgan fingerprint density at radius 1 is 0.781 bits per heavy atom. The number of unbranched alkanes of at least 4 members (excludes halogenated alkanes) is 11. The van der Waals surface area contributed by atoms with E-state index in [-0.39, 0.29) is 5.92 Å². The Labute approximate surface area is 201 Å². The molecule has 2 saturated carbocycles. The summed E-state index contributed by atoms with van der Waals surface area (Å²) in [6.45, 7) is 2.97. The molecule has 2 aliphatic rings. The molecule has 0 amide bonds.